The van der Waals surface area contributed by atoms with Crippen LogP contribution >= 0.6 is 0 Å². The zero-order chi connectivity index (χ0) is 18.2. The van der Waals surface area contributed by atoms with Crippen molar-refractivity contribution >= 4 is 17.7 Å². The average molecular weight is 341 g/mol. The summed E-state index contributed by atoms with van der Waals surface area (Å²) in [7, 11) is 1.60. The molecule has 134 valence electrons. The second-order valence-electron chi connectivity index (χ2n) is 6.22. The first kappa shape index (κ1) is 18.9. The number of rotatable bonds is 7. The van der Waals surface area contributed by atoms with E-state index < -0.39 is 0 Å². The van der Waals surface area contributed by atoms with E-state index in [1.807, 2.05) is 24.3 Å². The summed E-state index contributed by atoms with van der Waals surface area (Å²) in [6.45, 7) is 6.01. The van der Waals surface area contributed by atoms with Crippen LogP contribution in [0, 0.1) is 11.3 Å². The molecule has 1 aliphatic carbocycles. The van der Waals surface area contributed by atoms with Gasteiger partial charge in [-0.1, -0.05) is 12.8 Å². The number of hydrogen-bond acceptors (Lipinski definition) is 4. The fourth-order valence-corrected chi connectivity index (χ4v) is 3.24. The maximum Gasteiger partial charge on any atom is 0.262 e. The molecule has 0 bridgehead atoms. The van der Waals surface area contributed by atoms with Crippen LogP contribution < -0.4 is 15.0 Å². The van der Waals surface area contributed by atoms with E-state index in [2.05, 4.69) is 24.1 Å². The molecule has 0 aromatic heterocycles. The normalized spacial score (nSPS) is 14.9. The van der Waals surface area contributed by atoms with Gasteiger partial charge in [-0.3, -0.25) is 4.79 Å². The van der Waals surface area contributed by atoms with Gasteiger partial charge in [-0.25, -0.2) is 0 Å². The fraction of sp³-hybridized carbons (Fsp3) is 0.500. The number of carbonyl (C=O) groups is 1. The number of carbonyl (C=O) groups excluding carboxylic acids is 1. The summed E-state index contributed by atoms with van der Waals surface area (Å²) < 4.78 is 5.47. The number of methoxy groups -OCH3 is 1. The molecular formula is C20H27N3O2. The summed E-state index contributed by atoms with van der Waals surface area (Å²) >= 11 is 0. The Kier molecular flexibility index (Phi) is 6.88. The Morgan fingerprint density at radius 1 is 1.36 bits per heavy atom. The van der Waals surface area contributed by atoms with Gasteiger partial charge >= 0.3 is 0 Å². The van der Waals surface area contributed by atoms with E-state index in [0.29, 0.717) is 5.75 Å². The molecule has 1 saturated carbocycles. The zero-order valence-electron chi connectivity index (χ0n) is 15.3. The lowest BCUT2D eigenvalue weighted by atomic mass is 10.1. The van der Waals surface area contributed by atoms with Crippen LogP contribution in [0.3, 0.4) is 0 Å². The van der Waals surface area contributed by atoms with Crippen LogP contribution in [0.4, 0.5) is 5.69 Å². The molecule has 1 fully saturated rings. The second kappa shape index (κ2) is 9.12. The summed E-state index contributed by atoms with van der Waals surface area (Å²) in [5.74, 6) is 0.357. The molecule has 25 heavy (non-hydrogen) atoms. The van der Waals surface area contributed by atoms with Crippen molar-refractivity contribution in [2.24, 2.45) is 0 Å². The smallest absolute Gasteiger partial charge is 0.262 e. The number of benzene rings is 1. The summed E-state index contributed by atoms with van der Waals surface area (Å²) in [5, 5.41) is 12.3. The third-order valence-electron chi connectivity index (χ3n) is 4.70. The summed E-state index contributed by atoms with van der Waals surface area (Å²) in [4.78, 5) is 14.6. The highest BCUT2D eigenvalue weighted by Gasteiger charge is 2.19. The molecule has 1 N–H and O–H groups in total. The van der Waals surface area contributed by atoms with Crippen molar-refractivity contribution in [1.29, 1.82) is 5.26 Å². The second-order valence-corrected chi connectivity index (χ2v) is 6.22. The van der Waals surface area contributed by atoms with Gasteiger partial charge in [0.25, 0.3) is 5.91 Å². The van der Waals surface area contributed by atoms with Crippen LogP contribution in [0.1, 0.15) is 45.1 Å². The van der Waals surface area contributed by atoms with E-state index in [1.165, 1.54) is 0 Å². The lowest BCUT2D eigenvalue weighted by molar-refractivity contribution is -0.117. The van der Waals surface area contributed by atoms with Crippen molar-refractivity contribution in [1.82, 2.24) is 5.32 Å². The van der Waals surface area contributed by atoms with E-state index in [9.17, 15) is 10.1 Å². The third-order valence-corrected chi connectivity index (χ3v) is 4.70. The number of anilines is 1. The van der Waals surface area contributed by atoms with Crippen LogP contribution in [0.25, 0.3) is 6.08 Å². The van der Waals surface area contributed by atoms with Crippen LogP contribution in [0.15, 0.2) is 23.8 Å². The molecule has 1 aliphatic rings. The molecular weight excluding hydrogens is 314 g/mol. The Labute approximate surface area is 150 Å². The Hall–Kier alpha value is -2.48. The van der Waals surface area contributed by atoms with Gasteiger partial charge in [-0.15, -0.1) is 0 Å². The summed E-state index contributed by atoms with van der Waals surface area (Å²) in [6, 6.07) is 8.04. The van der Waals surface area contributed by atoms with E-state index in [-0.39, 0.29) is 17.5 Å². The first-order valence-electron chi connectivity index (χ1n) is 8.98. The van der Waals surface area contributed by atoms with Crippen molar-refractivity contribution in [2.45, 2.75) is 45.6 Å². The predicted molar refractivity (Wildman–Crippen MR) is 101 cm³/mol. The van der Waals surface area contributed by atoms with Crippen LogP contribution in [0.2, 0.25) is 0 Å². The van der Waals surface area contributed by atoms with Crippen molar-refractivity contribution in [3.05, 3.63) is 29.3 Å². The average Bonchev–Trinajstić information content (AvgIpc) is 3.14. The number of ether oxygens (including phenoxy) is 1. The molecule has 0 saturated heterocycles. The Morgan fingerprint density at radius 3 is 2.60 bits per heavy atom. The van der Waals surface area contributed by atoms with Gasteiger partial charge in [0.1, 0.15) is 17.4 Å². The maximum atomic E-state index is 12.4. The first-order valence-corrected chi connectivity index (χ1v) is 8.98. The van der Waals surface area contributed by atoms with Gasteiger partial charge in [0.05, 0.1) is 7.11 Å². The van der Waals surface area contributed by atoms with E-state index in [1.54, 1.807) is 13.2 Å². The highest BCUT2D eigenvalue weighted by Crippen LogP contribution is 2.27. The number of amides is 1. The molecule has 0 aliphatic heterocycles. The molecule has 0 heterocycles. The van der Waals surface area contributed by atoms with Gasteiger partial charge < -0.3 is 15.0 Å². The molecule has 5 heteroatoms. The highest BCUT2D eigenvalue weighted by atomic mass is 16.5. The minimum absolute atomic E-state index is 0.112. The third kappa shape index (κ3) is 4.76. The van der Waals surface area contributed by atoms with E-state index >= 15 is 0 Å². The standard InChI is InChI=1S/C20H27N3O2/c1-4-23(5-2)18-11-10-15(19(13-18)25-3)12-16(14-21)20(24)22-17-8-6-7-9-17/h10-13,17H,4-9H2,1-3H3,(H,22,24)/b16-12-. The van der Waals surface area contributed by atoms with Gasteiger partial charge in [-0.2, -0.15) is 5.26 Å². The zero-order valence-corrected chi connectivity index (χ0v) is 15.3. The molecule has 1 aromatic rings. The van der Waals surface area contributed by atoms with Crippen LogP contribution in [-0.4, -0.2) is 32.1 Å². The minimum atomic E-state index is -0.302. The molecule has 0 radical (unpaired) electrons. The van der Waals surface area contributed by atoms with Crippen molar-refractivity contribution in [2.75, 3.05) is 25.1 Å². The van der Waals surface area contributed by atoms with Gasteiger partial charge in [0.2, 0.25) is 0 Å². The van der Waals surface area contributed by atoms with Crippen molar-refractivity contribution < 1.29 is 9.53 Å². The molecule has 0 unspecified atom stereocenters. The molecule has 2 rings (SSSR count). The Bertz CT molecular complexity index is 666. The summed E-state index contributed by atoms with van der Waals surface area (Å²) in [5.41, 5.74) is 1.91. The van der Waals surface area contributed by atoms with Crippen molar-refractivity contribution in [3.8, 4) is 11.8 Å². The maximum absolute atomic E-state index is 12.4. The molecule has 1 amide bonds. The molecule has 0 atom stereocenters. The fourth-order valence-electron chi connectivity index (χ4n) is 3.24. The quantitative estimate of drug-likeness (QED) is 0.609. The molecule has 0 spiro atoms. The number of hydrogen-bond donors (Lipinski definition) is 1. The Balaban J connectivity index is 2.24. The largest absolute Gasteiger partial charge is 0.496 e. The first-order chi connectivity index (χ1) is 12.1. The summed E-state index contributed by atoms with van der Waals surface area (Å²) in [6.07, 6.45) is 5.86. The van der Waals surface area contributed by atoms with Gasteiger partial charge in [-0.05, 0) is 44.9 Å². The molecule has 5 nitrogen and oxygen atoms in total. The minimum Gasteiger partial charge on any atom is -0.496 e. The highest BCUT2D eigenvalue weighted by molar-refractivity contribution is 6.02. The SMILES string of the molecule is CCN(CC)c1ccc(/C=C(/C#N)C(=O)NC2CCCC2)c(OC)c1. The lowest BCUT2D eigenvalue weighted by Gasteiger charge is -2.22. The monoisotopic (exact) mass is 341 g/mol. The Morgan fingerprint density at radius 2 is 2.04 bits per heavy atom. The van der Waals surface area contributed by atoms with E-state index in [4.69, 9.17) is 4.74 Å². The topological polar surface area (TPSA) is 65.4 Å². The van der Waals surface area contributed by atoms with Gasteiger partial charge in [0, 0.05) is 36.4 Å². The number of nitriles is 1. The van der Waals surface area contributed by atoms with Crippen LogP contribution in [-0.2, 0) is 4.79 Å². The number of nitrogens with zero attached hydrogens (tertiary/aromatic N) is 2. The van der Waals surface area contributed by atoms with Crippen molar-refractivity contribution in [3.63, 3.8) is 0 Å². The molecule has 1 aromatic carbocycles. The number of nitrogens with one attached hydrogen (secondary N) is 1. The van der Waals surface area contributed by atoms with Gasteiger partial charge in [0.15, 0.2) is 0 Å². The van der Waals surface area contributed by atoms with Crippen LogP contribution in [0.5, 0.6) is 5.75 Å². The predicted octanol–water partition coefficient (Wildman–Crippen LogP) is 3.51. The lowest BCUT2D eigenvalue weighted by Crippen LogP contribution is -2.33. The van der Waals surface area contributed by atoms with E-state index in [0.717, 1.165) is 50.0 Å².